The molecule has 3 rings (SSSR count). The monoisotopic (exact) mass is 733 g/mol. The molecule has 0 bridgehead atoms. The summed E-state index contributed by atoms with van der Waals surface area (Å²) in [6.07, 6.45) is -7.34. The summed E-state index contributed by atoms with van der Waals surface area (Å²) < 4.78 is 83.1. The maximum Gasteiger partial charge on any atom is 0.399 e. The summed E-state index contributed by atoms with van der Waals surface area (Å²) in [4.78, 5) is 14.2. The molecule has 11 heteroatoms. The van der Waals surface area contributed by atoms with Crippen LogP contribution in [0.15, 0.2) is 36.2 Å². The third-order valence-electron chi connectivity index (χ3n) is 7.31. The summed E-state index contributed by atoms with van der Waals surface area (Å²) in [5, 5.41) is 7.72. The standard InChI is InChI=1S/C23H25BF6N.C5H8O2.Ir/c1-12(2)21(13(3)4,14(5)6)24-18-8-7-9-31-20(18)16-10-15(22(25,26)27)11-17(19(16)24)23(28,29)30;1-4(6)3-5(2)7;/h7-9,11-14H,1-6H3;3,6H,1-2H3;/q-1;;/b;4-3-;. The summed E-state index contributed by atoms with van der Waals surface area (Å²) in [5.74, 6) is -0.188. The predicted molar refractivity (Wildman–Crippen MR) is 138 cm³/mol. The number of alkyl halides is 6. The number of aromatic nitrogens is 1. The molecule has 0 atom stereocenters. The molecule has 0 amide bonds. The molecule has 0 aliphatic carbocycles. The Bertz CT molecular complexity index is 1180. The van der Waals surface area contributed by atoms with Gasteiger partial charge < -0.3 is 10.1 Å². The van der Waals surface area contributed by atoms with Gasteiger partial charge in [0.15, 0.2) is 12.5 Å². The zero-order valence-electron chi connectivity index (χ0n) is 23.1. The fourth-order valence-electron chi connectivity index (χ4n) is 6.30. The second-order valence-corrected chi connectivity index (χ2v) is 10.6. The zero-order chi connectivity index (χ0) is 29.4. The Kier molecular flexibility index (Phi) is 11.3. The molecule has 2 aromatic rings. The zero-order valence-corrected chi connectivity index (χ0v) is 25.5. The molecule has 1 N–H and O–H groups in total. The molecule has 1 aliphatic heterocycles. The molecule has 0 spiro atoms. The summed E-state index contributed by atoms with van der Waals surface area (Å²) in [7, 11) is 0. The molecule has 0 unspecified atom stereocenters. The molecular weight excluding hydrogens is 699 g/mol. The Hall–Kier alpha value is -2.13. The normalized spacial score (nSPS) is 13.7. The van der Waals surface area contributed by atoms with Crippen molar-refractivity contribution < 1.29 is 56.3 Å². The van der Waals surface area contributed by atoms with Gasteiger partial charge in [0.1, 0.15) is 0 Å². The smallest absolute Gasteiger partial charge is 0.399 e. The van der Waals surface area contributed by atoms with Crippen LogP contribution in [-0.4, -0.2) is 22.6 Å². The molecule has 217 valence electrons. The number of rotatable bonds is 5. The second kappa shape index (κ2) is 12.6. The van der Waals surface area contributed by atoms with E-state index in [1.165, 1.54) is 26.1 Å². The van der Waals surface area contributed by atoms with Crippen LogP contribution in [0.25, 0.3) is 11.3 Å². The summed E-state index contributed by atoms with van der Waals surface area (Å²) >= 11 is 0. The molecule has 3 nitrogen and oxygen atoms in total. The number of halogens is 6. The first-order valence-corrected chi connectivity index (χ1v) is 12.3. The molecule has 0 saturated heterocycles. The third kappa shape index (κ3) is 6.97. The van der Waals surface area contributed by atoms with E-state index in [0.717, 1.165) is 0 Å². The second-order valence-electron chi connectivity index (χ2n) is 10.6. The number of aliphatic hydroxyl groups is 1. The first-order valence-electron chi connectivity index (χ1n) is 12.3. The number of hydrogen-bond donors (Lipinski definition) is 1. The van der Waals surface area contributed by atoms with Crippen LogP contribution in [0.1, 0.15) is 66.5 Å². The van der Waals surface area contributed by atoms with Crippen molar-refractivity contribution in [1.82, 2.24) is 4.98 Å². The van der Waals surface area contributed by atoms with Crippen molar-refractivity contribution in [2.24, 2.45) is 17.8 Å². The maximum absolute atomic E-state index is 14.2. The summed E-state index contributed by atoms with van der Waals surface area (Å²) in [6.45, 7) is 13.9. The van der Waals surface area contributed by atoms with Crippen LogP contribution >= 0.6 is 0 Å². The number of aliphatic hydroxyl groups excluding tert-OH is 1. The molecule has 2 heterocycles. The Morgan fingerprint density at radius 2 is 1.49 bits per heavy atom. The van der Waals surface area contributed by atoms with E-state index in [9.17, 15) is 31.1 Å². The van der Waals surface area contributed by atoms with Crippen LogP contribution in [0.4, 0.5) is 26.3 Å². The van der Waals surface area contributed by atoms with Gasteiger partial charge in [0.05, 0.1) is 5.76 Å². The van der Waals surface area contributed by atoms with Gasteiger partial charge in [-0.3, -0.25) is 4.79 Å². The van der Waals surface area contributed by atoms with Crippen molar-refractivity contribution in [3.63, 3.8) is 0 Å². The molecule has 1 aromatic carbocycles. The van der Waals surface area contributed by atoms with Crippen molar-refractivity contribution >= 4 is 23.4 Å². The van der Waals surface area contributed by atoms with Crippen molar-refractivity contribution in [2.45, 2.75) is 73.1 Å². The summed E-state index contributed by atoms with van der Waals surface area (Å²) in [6, 6.07) is 5.79. The van der Waals surface area contributed by atoms with E-state index < -0.39 is 35.5 Å². The molecule has 1 radical (unpaired) electrons. The van der Waals surface area contributed by atoms with E-state index in [1.807, 2.05) is 41.5 Å². The minimum absolute atomic E-state index is 0. The van der Waals surface area contributed by atoms with Crippen LogP contribution in [-0.2, 0) is 37.3 Å². The number of carbonyl (C=O) groups excluding carboxylic acids is 1. The summed E-state index contributed by atoms with van der Waals surface area (Å²) in [5.41, 5.74) is -2.30. The SMILES string of the molecule is CC(=O)/C=C(/C)O.CC(C)C(B1c2cccnc2-c2[c-]c(C(F)(F)F)cc(C(F)(F)F)c21)(C(C)C)C(C)C.[Ir]. The molecule has 0 fully saturated rings. The van der Waals surface area contributed by atoms with E-state index >= 15 is 0 Å². The van der Waals surface area contributed by atoms with Gasteiger partial charge in [-0.05, 0) is 59.8 Å². The topological polar surface area (TPSA) is 50.2 Å². The first-order chi connectivity index (χ1) is 17.3. The Balaban J connectivity index is 0.000000841. The molecule has 39 heavy (non-hydrogen) atoms. The van der Waals surface area contributed by atoms with Crippen LogP contribution in [0, 0.1) is 23.8 Å². The fraction of sp³-hybridized carbons (Fsp3) is 0.500. The van der Waals surface area contributed by atoms with Crippen molar-refractivity contribution in [1.29, 1.82) is 0 Å². The average Bonchev–Trinajstić information content (AvgIpc) is 3.06. The largest absolute Gasteiger partial charge is 0.512 e. The van der Waals surface area contributed by atoms with E-state index in [1.54, 1.807) is 12.1 Å². The van der Waals surface area contributed by atoms with Crippen LogP contribution in [0.3, 0.4) is 0 Å². The average molecular weight is 733 g/mol. The quantitative estimate of drug-likeness (QED) is 0.116. The number of nitrogens with zero attached hydrogens (tertiary/aromatic N) is 1. The van der Waals surface area contributed by atoms with Gasteiger partial charge in [-0.2, -0.15) is 26.3 Å². The van der Waals surface area contributed by atoms with E-state index in [2.05, 4.69) is 11.1 Å². The number of ketones is 1. The van der Waals surface area contributed by atoms with Crippen molar-refractivity contribution in [2.75, 3.05) is 0 Å². The molecule has 1 aromatic heterocycles. The third-order valence-corrected chi connectivity index (χ3v) is 7.31. The van der Waals surface area contributed by atoms with Crippen LogP contribution < -0.4 is 10.9 Å². The number of benzene rings is 1. The van der Waals surface area contributed by atoms with Crippen molar-refractivity contribution in [3.8, 4) is 11.3 Å². The molecule has 0 saturated carbocycles. The predicted octanol–water partition coefficient (Wildman–Crippen LogP) is 7.25. The van der Waals surface area contributed by atoms with Crippen LogP contribution in [0.2, 0.25) is 5.31 Å². The number of hydrogen-bond acceptors (Lipinski definition) is 3. The number of allylic oxidation sites excluding steroid dienone is 2. The van der Waals surface area contributed by atoms with Gasteiger partial charge in [-0.1, -0.05) is 47.6 Å². The number of carbonyl (C=O) groups is 1. The van der Waals surface area contributed by atoms with E-state index in [0.29, 0.717) is 5.46 Å². The van der Waals surface area contributed by atoms with Gasteiger partial charge >= 0.3 is 12.4 Å². The Morgan fingerprint density at radius 3 is 1.85 bits per heavy atom. The van der Waals surface area contributed by atoms with Gasteiger partial charge in [0.25, 0.3) is 0 Å². The van der Waals surface area contributed by atoms with Gasteiger partial charge in [0, 0.05) is 32.4 Å². The van der Waals surface area contributed by atoms with Crippen LogP contribution in [0.5, 0.6) is 0 Å². The minimum atomic E-state index is -4.95. The number of fused-ring (bicyclic) bond motifs is 3. The first kappa shape index (κ1) is 34.9. The van der Waals surface area contributed by atoms with Gasteiger partial charge in [-0.25, -0.2) is 0 Å². The number of pyridine rings is 1. The molecular formula is C28H33BF6IrNO2-. The van der Waals surface area contributed by atoms with Gasteiger partial charge in [0.2, 0.25) is 0 Å². The van der Waals surface area contributed by atoms with E-state index in [-0.39, 0.29) is 72.2 Å². The van der Waals surface area contributed by atoms with Gasteiger partial charge in [-0.15, -0.1) is 28.6 Å². The minimum Gasteiger partial charge on any atom is -0.512 e. The Labute approximate surface area is 239 Å². The van der Waals surface area contributed by atoms with E-state index in [4.69, 9.17) is 5.11 Å². The Morgan fingerprint density at radius 1 is 0.974 bits per heavy atom. The van der Waals surface area contributed by atoms with Crippen molar-refractivity contribution in [3.05, 3.63) is 53.4 Å². The fourth-order valence-corrected chi connectivity index (χ4v) is 6.30. The molecule has 1 aliphatic rings. The maximum atomic E-state index is 14.2.